The van der Waals surface area contributed by atoms with Crippen LogP contribution in [-0.2, 0) is 4.74 Å². The molecule has 2 N–H and O–H groups in total. The number of morpholine rings is 1. The summed E-state index contributed by atoms with van der Waals surface area (Å²) in [6.45, 7) is 13.1. The van der Waals surface area contributed by atoms with E-state index in [9.17, 15) is 4.79 Å². The Bertz CT molecular complexity index is 1220. The van der Waals surface area contributed by atoms with Gasteiger partial charge in [0.15, 0.2) is 11.5 Å². The summed E-state index contributed by atoms with van der Waals surface area (Å²) in [5, 5.41) is 11.2. The highest BCUT2D eigenvalue weighted by molar-refractivity contribution is 5.90. The molecule has 2 fully saturated rings. The van der Waals surface area contributed by atoms with E-state index in [1.807, 2.05) is 30.5 Å². The zero-order valence-corrected chi connectivity index (χ0v) is 22.3. The van der Waals surface area contributed by atoms with Crippen LogP contribution in [0.5, 0.6) is 0 Å². The summed E-state index contributed by atoms with van der Waals surface area (Å²) >= 11 is 0. The maximum Gasteiger partial charge on any atom is 0.318 e. The number of aromatic nitrogens is 4. The van der Waals surface area contributed by atoms with Crippen LogP contribution >= 0.6 is 0 Å². The molecule has 2 aliphatic heterocycles. The summed E-state index contributed by atoms with van der Waals surface area (Å²) in [5.41, 5.74) is 2.79. The molecule has 0 atom stereocenters. The van der Waals surface area contributed by atoms with Crippen LogP contribution in [0.2, 0.25) is 0 Å². The van der Waals surface area contributed by atoms with Gasteiger partial charge in [-0.25, -0.2) is 19.4 Å². The SMILES string of the molecule is CNC(=O)Nc1ccc(-c2nc(N3CCOCC3)c3cnn(C4CCN(CC(C)(C)C)CC4)c3n2)cc1. The number of rotatable bonds is 5. The van der Waals surface area contributed by atoms with E-state index in [-0.39, 0.29) is 6.03 Å². The predicted octanol–water partition coefficient (Wildman–Crippen LogP) is 3.76. The Kier molecular flexibility index (Phi) is 7.30. The average Bonchev–Trinajstić information content (AvgIpc) is 3.32. The van der Waals surface area contributed by atoms with Crippen molar-refractivity contribution in [2.24, 2.45) is 5.41 Å². The van der Waals surface area contributed by atoms with E-state index in [0.29, 0.717) is 36.2 Å². The second-order valence-electron chi connectivity index (χ2n) is 11.1. The Morgan fingerprint density at radius 1 is 1.05 bits per heavy atom. The van der Waals surface area contributed by atoms with Crippen molar-refractivity contribution in [1.82, 2.24) is 30.0 Å². The van der Waals surface area contributed by atoms with Gasteiger partial charge >= 0.3 is 6.03 Å². The summed E-state index contributed by atoms with van der Waals surface area (Å²) in [5.74, 6) is 1.57. The maximum atomic E-state index is 11.7. The summed E-state index contributed by atoms with van der Waals surface area (Å²) in [6.07, 6.45) is 4.04. The number of anilines is 2. The first-order valence-corrected chi connectivity index (χ1v) is 13.2. The molecule has 3 aromatic rings. The largest absolute Gasteiger partial charge is 0.378 e. The fourth-order valence-corrected chi connectivity index (χ4v) is 5.21. The highest BCUT2D eigenvalue weighted by atomic mass is 16.5. The standard InChI is InChI=1S/C27H38N8O2/c1-27(2,3)18-33-11-9-21(10-12-33)35-25-22(17-29-35)24(34-13-15-37-16-14-34)31-23(32-25)19-5-7-20(8-6-19)30-26(36)28-4/h5-8,17,21H,9-16,18H2,1-4H3,(H2,28,30,36). The minimum Gasteiger partial charge on any atom is -0.378 e. The predicted molar refractivity (Wildman–Crippen MR) is 146 cm³/mol. The number of urea groups is 1. The number of benzene rings is 1. The number of nitrogens with zero attached hydrogens (tertiary/aromatic N) is 6. The summed E-state index contributed by atoms with van der Waals surface area (Å²) in [6, 6.07) is 7.69. The van der Waals surface area contributed by atoms with Gasteiger partial charge in [0.2, 0.25) is 0 Å². The van der Waals surface area contributed by atoms with Crippen LogP contribution in [0.1, 0.15) is 39.7 Å². The van der Waals surface area contributed by atoms with Crippen molar-refractivity contribution in [2.45, 2.75) is 39.7 Å². The third kappa shape index (κ3) is 5.86. The highest BCUT2D eigenvalue weighted by Crippen LogP contribution is 2.33. The lowest BCUT2D eigenvalue weighted by Crippen LogP contribution is -2.39. The smallest absolute Gasteiger partial charge is 0.318 e. The molecular formula is C27H38N8O2. The quantitative estimate of drug-likeness (QED) is 0.543. The van der Waals surface area contributed by atoms with Gasteiger partial charge in [0.05, 0.1) is 30.8 Å². The molecule has 1 aromatic carbocycles. The molecule has 37 heavy (non-hydrogen) atoms. The number of likely N-dealkylation sites (tertiary alicyclic amines) is 1. The molecule has 0 unspecified atom stereocenters. The van der Waals surface area contributed by atoms with Crippen LogP contribution in [0.4, 0.5) is 16.3 Å². The first-order valence-electron chi connectivity index (χ1n) is 13.2. The first kappa shape index (κ1) is 25.4. The molecule has 0 spiro atoms. The molecule has 0 aliphatic carbocycles. The van der Waals surface area contributed by atoms with Gasteiger partial charge in [-0.15, -0.1) is 0 Å². The Hall–Kier alpha value is -3.24. The van der Waals surface area contributed by atoms with Crippen molar-refractivity contribution in [2.75, 3.05) is 63.2 Å². The average molecular weight is 507 g/mol. The summed E-state index contributed by atoms with van der Waals surface area (Å²) in [4.78, 5) is 26.6. The first-order chi connectivity index (χ1) is 17.8. The molecule has 0 saturated carbocycles. The third-order valence-corrected chi connectivity index (χ3v) is 6.97. The summed E-state index contributed by atoms with van der Waals surface area (Å²) < 4.78 is 7.72. The molecule has 0 bridgehead atoms. The normalized spacial score (nSPS) is 17.8. The number of hydrogen-bond acceptors (Lipinski definition) is 7. The van der Waals surface area contributed by atoms with Gasteiger partial charge in [0, 0.05) is 51.0 Å². The van der Waals surface area contributed by atoms with E-state index < -0.39 is 0 Å². The Morgan fingerprint density at radius 2 is 1.76 bits per heavy atom. The van der Waals surface area contributed by atoms with Gasteiger partial charge in [-0.3, -0.25) is 0 Å². The van der Waals surface area contributed by atoms with Crippen LogP contribution in [0.15, 0.2) is 30.5 Å². The van der Waals surface area contributed by atoms with Gasteiger partial charge in [-0.05, 0) is 42.5 Å². The fraction of sp³-hybridized carbons (Fsp3) is 0.556. The fourth-order valence-electron chi connectivity index (χ4n) is 5.21. The minimum atomic E-state index is -0.252. The molecule has 5 rings (SSSR count). The molecule has 2 amide bonds. The Labute approximate surface area is 218 Å². The zero-order chi connectivity index (χ0) is 26.0. The highest BCUT2D eigenvalue weighted by Gasteiger charge is 2.27. The number of ether oxygens (including phenoxy) is 1. The Morgan fingerprint density at radius 3 is 2.41 bits per heavy atom. The van der Waals surface area contributed by atoms with Crippen molar-refractivity contribution in [3.8, 4) is 11.4 Å². The van der Waals surface area contributed by atoms with Crippen LogP contribution in [0, 0.1) is 5.41 Å². The molecule has 10 nitrogen and oxygen atoms in total. The lowest BCUT2D eigenvalue weighted by Gasteiger charge is -2.36. The zero-order valence-electron chi connectivity index (χ0n) is 22.3. The minimum absolute atomic E-state index is 0.252. The summed E-state index contributed by atoms with van der Waals surface area (Å²) in [7, 11) is 1.59. The molecule has 2 aromatic heterocycles. The molecule has 2 aliphatic rings. The van der Waals surface area contributed by atoms with Crippen LogP contribution < -0.4 is 15.5 Å². The molecule has 10 heteroatoms. The third-order valence-electron chi connectivity index (χ3n) is 6.97. The second-order valence-corrected chi connectivity index (χ2v) is 11.1. The van der Waals surface area contributed by atoms with E-state index in [4.69, 9.17) is 19.8 Å². The van der Waals surface area contributed by atoms with Crippen LogP contribution in [0.3, 0.4) is 0 Å². The maximum absolute atomic E-state index is 11.7. The molecular weight excluding hydrogens is 468 g/mol. The number of piperidine rings is 1. The van der Waals surface area contributed by atoms with Crippen LogP contribution in [0.25, 0.3) is 22.4 Å². The van der Waals surface area contributed by atoms with Gasteiger partial charge < -0.3 is 25.2 Å². The van der Waals surface area contributed by atoms with Gasteiger partial charge in [-0.1, -0.05) is 20.8 Å². The van der Waals surface area contributed by atoms with Gasteiger partial charge in [-0.2, -0.15) is 5.10 Å². The lowest BCUT2D eigenvalue weighted by atomic mass is 9.94. The van der Waals surface area contributed by atoms with Crippen molar-refractivity contribution in [3.63, 3.8) is 0 Å². The molecule has 2 saturated heterocycles. The molecule has 0 radical (unpaired) electrons. The number of carbonyl (C=O) groups is 1. The number of fused-ring (bicyclic) bond motifs is 1. The van der Waals surface area contributed by atoms with Crippen LogP contribution in [-0.4, -0.2) is 83.7 Å². The number of carbonyl (C=O) groups excluding carboxylic acids is 1. The Balaban J connectivity index is 1.47. The number of nitrogens with one attached hydrogen (secondary N) is 2. The van der Waals surface area contributed by atoms with Gasteiger partial charge in [0.25, 0.3) is 0 Å². The van der Waals surface area contributed by atoms with Crippen molar-refractivity contribution in [1.29, 1.82) is 0 Å². The van der Waals surface area contributed by atoms with Crippen molar-refractivity contribution in [3.05, 3.63) is 30.5 Å². The number of hydrogen-bond donors (Lipinski definition) is 2. The van der Waals surface area contributed by atoms with E-state index in [1.54, 1.807) is 7.05 Å². The molecule has 4 heterocycles. The van der Waals surface area contributed by atoms with Crippen molar-refractivity contribution >= 4 is 28.6 Å². The molecule has 198 valence electrons. The topological polar surface area (TPSA) is 100 Å². The van der Waals surface area contributed by atoms with E-state index in [1.165, 1.54) is 0 Å². The van der Waals surface area contributed by atoms with Crippen molar-refractivity contribution < 1.29 is 9.53 Å². The van der Waals surface area contributed by atoms with E-state index in [0.717, 1.165) is 68.0 Å². The van der Waals surface area contributed by atoms with E-state index in [2.05, 4.69) is 45.9 Å². The van der Waals surface area contributed by atoms with E-state index >= 15 is 0 Å². The van der Waals surface area contributed by atoms with Gasteiger partial charge in [0.1, 0.15) is 5.82 Å². The lowest BCUT2D eigenvalue weighted by molar-refractivity contribution is 0.122. The monoisotopic (exact) mass is 506 g/mol. The second kappa shape index (κ2) is 10.6. The number of amides is 2.